The highest BCUT2D eigenvalue weighted by Gasteiger charge is 2.41. The average Bonchev–Trinajstić information content (AvgIpc) is 2.45. The summed E-state index contributed by atoms with van der Waals surface area (Å²) < 4.78 is 0. The minimum Gasteiger partial charge on any atom is -0.299 e. The highest BCUT2D eigenvalue weighted by Crippen LogP contribution is 2.36. The van der Waals surface area contributed by atoms with Gasteiger partial charge in [-0.05, 0) is 25.3 Å². The van der Waals surface area contributed by atoms with Crippen molar-refractivity contribution in [1.82, 2.24) is 4.90 Å². The van der Waals surface area contributed by atoms with E-state index in [0.29, 0.717) is 23.8 Å². The number of nitrogens with zero attached hydrogens (tertiary/aromatic N) is 1. The molecule has 1 saturated carbocycles. The molecule has 1 aliphatic heterocycles. The molecule has 1 aromatic rings. The van der Waals surface area contributed by atoms with Crippen molar-refractivity contribution in [2.45, 2.75) is 57.7 Å². The Labute approximate surface area is 115 Å². The average molecular weight is 257 g/mol. The van der Waals surface area contributed by atoms with Crippen LogP contribution in [0.3, 0.4) is 0 Å². The lowest BCUT2D eigenvalue weighted by Crippen LogP contribution is -2.54. The Morgan fingerprint density at radius 3 is 2.68 bits per heavy atom. The summed E-state index contributed by atoms with van der Waals surface area (Å²) in [5.74, 6) is 0.829. The first-order valence-electron chi connectivity index (χ1n) is 7.58. The fourth-order valence-electron chi connectivity index (χ4n) is 3.84. The summed E-state index contributed by atoms with van der Waals surface area (Å²) >= 11 is 0. The zero-order chi connectivity index (χ0) is 13.2. The van der Waals surface area contributed by atoms with Crippen LogP contribution in [0.25, 0.3) is 0 Å². The number of Topliss-reactive ketones (excluding diaryl/α,β-unsaturated/α-hetero) is 1. The van der Waals surface area contributed by atoms with Crippen molar-refractivity contribution >= 4 is 5.78 Å². The molecule has 2 heteroatoms. The van der Waals surface area contributed by atoms with Crippen molar-refractivity contribution in [3.05, 3.63) is 35.9 Å². The zero-order valence-corrected chi connectivity index (χ0v) is 11.7. The molecule has 0 aromatic heterocycles. The number of carbonyl (C=O) groups is 1. The Bertz CT molecular complexity index is 442. The second kappa shape index (κ2) is 5.46. The molecule has 1 aromatic carbocycles. The molecular formula is C17H23NO. The highest BCUT2D eigenvalue weighted by atomic mass is 16.1. The lowest BCUT2D eigenvalue weighted by atomic mass is 9.75. The number of carbonyl (C=O) groups excluding carboxylic acids is 1. The summed E-state index contributed by atoms with van der Waals surface area (Å²) in [6.45, 7) is 3.21. The molecule has 1 saturated heterocycles. The van der Waals surface area contributed by atoms with Crippen LogP contribution in [-0.4, -0.2) is 22.8 Å². The smallest absolute Gasteiger partial charge is 0.139 e. The molecule has 102 valence electrons. The van der Waals surface area contributed by atoms with Gasteiger partial charge in [0, 0.05) is 31.0 Å². The Hall–Kier alpha value is -1.15. The molecule has 19 heavy (non-hydrogen) atoms. The van der Waals surface area contributed by atoms with Crippen LogP contribution >= 0.6 is 0 Å². The van der Waals surface area contributed by atoms with E-state index in [2.05, 4.69) is 42.2 Å². The van der Waals surface area contributed by atoms with Crippen molar-refractivity contribution in [2.75, 3.05) is 0 Å². The second-order valence-corrected chi connectivity index (χ2v) is 6.14. The summed E-state index contributed by atoms with van der Waals surface area (Å²) in [7, 11) is 0. The molecule has 2 unspecified atom stereocenters. The summed E-state index contributed by atoms with van der Waals surface area (Å²) in [5, 5.41) is 0. The van der Waals surface area contributed by atoms with Crippen LogP contribution < -0.4 is 0 Å². The number of rotatable bonds is 2. The van der Waals surface area contributed by atoms with Crippen LogP contribution in [0.4, 0.5) is 0 Å². The molecule has 3 atom stereocenters. The molecule has 2 aliphatic rings. The molecule has 0 N–H and O–H groups in total. The molecule has 0 spiro atoms. The van der Waals surface area contributed by atoms with E-state index in [1.807, 2.05) is 0 Å². The van der Waals surface area contributed by atoms with Crippen LogP contribution in [0.2, 0.25) is 0 Å². The monoisotopic (exact) mass is 257 g/mol. The summed E-state index contributed by atoms with van der Waals surface area (Å²) in [6.07, 6.45) is 5.58. The van der Waals surface area contributed by atoms with Crippen molar-refractivity contribution in [3.8, 4) is 0 Å². The molecule has 0 bridgehead atoms. The van der Waals surface area contributed by atoms with Crippen molar-refractivity contribution in [1.29, 1.82) is 0 Å². The van der Waals surface area contributed by atoms with E-state index < -0.39 is 0 Å². The van der Waals surface area contributed by atoms with Crippen LogP contribution in [-0.2, 0) is 11.3 Å². The van der Waals surface area contributed by atoms with Crippen LogP contribution in [0, 0.1) is 5.92 Å². The molecule has 2 nitrogen and oxygen atoms in total. The van der Waals surface area contributed by atoms with Gasteiger partial charge in [0.1, 0.15) is 5.78 Å². The van der Waals surface area contributed by atoms with Gasteiger partial charge >= 0.3 is 0 Å². The molecular weight excluding hydrogens is 234 g/mol. The third kappa shape index (κ3) is 2.59. The zero-order valence-electron chi connectivity index (χ0n) is 11.7. The largest absolute Gasteiger partial charge is 0.299 e. The van der Waals surface area contributed by atoms with Gasteiger partial charge in [-0.2, -0.15) is 0 Å². The van der Waals surface area contributed by atoms with E-state index in [1.165, 1.54) is 24.8 Å². The number of benzene rings is 1. The van der Waals surface area contributed by atoms with Crippen molar-refractivity contribution in [3.63, 3.8) is 0 Å². The van der Waals surface area contributed by atoms with Gasteiger partial charge in [-0.3, -0.25) is 9.69 Å². The van der Waals surface area contributed by atoms with Gasteiger partial charge in [-0.15, -0.1) is 0 Å². The van der Waals surface area contributed by atoms with E-state index in [4.69, 9.17) is 0 Å². The Morgan fingerprint density at radius 2 is 1.89 bits per heavy atom. The topological polar surface area (TPSA) is 20.3 Å². The van der Waals surface area contributed by atoms with Crippen molar-refractivity contribution in [2.24, 2.45) is 5.92 Å². The Balaban J connectivity index is 1.80. The number of hydrogen-bond donors (Lipinski definition) is 0. The summed E-state index contributed by atoms with van der Waals surface area (Å²) in [4.78, 5) is 14.8. The standard InChI is InChI=1S/C17H23NO/c1-13-11-17(19)15-9-5-6-10-16(15)18(13)12-14-7-3-2-4-8-14/h2-4,7-8,13,15-16H,5-6,9-12H2,1H3/t13-,15?,16?/m0/s1. The lowest BCUT2D eigenvalue weighted by Gasteiger charge is -2.46. The molecule has 2 fully saturated rings. The number of piperidine rings is 1. The number of ketones is 1. The first-order valence-corrected chi connectivity index (χ1v) is 7.58. The maximum atomic E-state index is 12.2. The first kappa shape index (κ1) is 12.9. The van der Waals surface area contributed by atoms with E-state index in [1.54, 1.807) is 0 Å². The van der Waals surface area contributed by atoms with E-state index in [-0.39, 0.29) is 0 Å². The predicted molar refractivity (Wildman–Crippen MR) is 76.8 cm³/mol. The second-order valence-electron chi connectivity index (χ2n) is 6.14. The van der Waals surface area contributed by atoms with E-state index in [9.17, 15) is 4.79 Å². The van der Waals surface area contributed by atoms with Gasteiger partial charge < -0.3 is 0 Å². The third-order valence-electron chi connectivity index (χ3n) is 4.84. The maximum Gasteiger partial charge on any atom is 0.139 e. The van der Waals surface area contributed by atoms with Gasteiger partial charge in [0.15, 0.2) is 0 Å². The van der Waals surface area contributed by atoms with E-state index >= 15 is 0 Å². The predicted octanol–water partition coefficient (Wildman–Crippen LogP) is 3.41. The van der Waals surface area contributed by atoms with Crippen molar-refractivity contribution < 1.29 is 4.79 Å². The fraction of sp³-hybridized carbons (Fsp3) is 0.588. The molecule has 3 rings (SSSR count). The Morgan fingerprint density at radius 1 is 1.16 bits per heavy atom. The molecule has 1 heterocycles. The maximum absolute atomic E-state index is 12.2. The normalized spacial score (nSPS) is 32.1. The highest BCUT2D eigenvalue weighted by molar-refractivity contribution is 5.83. The van der Waals surface area contributed by atoms with Crippen LogP contribution in [0.5, 0.6) is 0 Å². The minimum absolute atomic E-state index is 0.314. The van der Waals surface area contributed by atoms with Gasteiger partial charge in [0.05, 0.1) is 0 Å². The van der Waals surface area contributed by atoms with Gasteiger partial charge in [0.25, 0.3) is 0 Å². The van der Waals surface area contributed by atoms with Gasteiger partial charge in [-0.25, -0.2) is 0 Å². The quantitative estimate of drug-likeness (QED) is 0.809. The summed E-state index contributed by atoms with van der Waals surface area (Å²) in [5.41, 5.74) is 1.37. The molecule has 0 amide bonds. The SMILES string of the molecule is C[C@H]1CC(=O)C2CCCCC2N1Cc1ccccc1. The van der Waals surface area contributed by atoms with Crippen LogP contribution in [0.1, 0.15) is 44.6 Å². The number of fused-ring (bicyclic) bond motifs is 1. The third-order valence-corrected chi connectivity index (χ3v) is 4.84. The van der Waals surface area contributed by atoms with Crippen LogP contribution in [0.15, 0.2) is 30.3 Å². The summed E-state index contributed by atoms with van der Waals surface area (Å²) in [6, 6.07) is 11.6. The molecule has 0 radical (unpaired) electrons. The van der Waals surface area contributed by atoms with E-state index in [0.717, 1.165) is 19.4 Å². The fourth-order valence-corrected chi connectivity index (χ4v) is 3.84. The van der Waals surface area contributed by atoms with Gasteiger partial charge in [0.2, 0.25) is 0 Å². The Kier molecular flexibility index (Phi) is 3.69. The number of likely N-dealkylation sites (tertiary alicyclic amines) is 1. The van der Waals surface area contributed by atoms with Gasteiger partial charge in [-0.1, -0.05) is 43.2 Å². The lowest BCUT2D eigenvalue weighted by molar-refractivity contribution is -0.133. The number of hydrogen-bond acceptors (Lipinski definition) is 2. The first-order chi connectivity index (χ1) is 9.25. The minimum atomic E-state index is 0.314. The molecule has 1 aliphatic carbocycles.